The van der Waals surface area contributed by atoms with Crippen LogP contribution in [0.2, 0.25) is 0 Å². The summed E-state index contributed by atoms with van der Waals surface area (Å²) in [6, 6.07) is 19.7. The van der Waals surface area contributed by atoms with E-state index in [-0.39, 0.29) is 10.5 Å². The van der Waals surface area contributed by atoms with Crippen molar-refractivity contribution < 1.29 is 27.9 Å². The topological polar surface area (TPSA) is 113 Å². The maximum absolute atomic E-state index is 13.2. The van der Waals surface area contributed by atoms with Crippen molar-refractivity contribution in [1.82, 2.24) is 0 Å². The average molecular weight is 440 g/mol. The molecule has 0 fully saturated rings. The Hall–Kier alpha value is -3.85. The molecular weight excluding hydrogens is 420 g/mol. The number of amides is 1. The SMILES string of the molecule is COc1ccc(N(CC(=O)Nc2ccc(C(=O)O)cc2)S(=O)(=O)c2ccccc2)cc1. The number of hydrogen-bond acceptors (Lipinski definition) is 5. The van der Waals surface area contributed by atoms with Crippen molar-refractivity contribution >= 4 is 33.3 Å². The van der Waals surface area contributed by atoms with Crippen molar-refractivity contribution in [2.24, 2.45) is 0 Å². The predicted molar refractivity (Wildman–Crippen MR) is 116 cm³/mol. The molecule has 3 aromatic rings. The Labute approximate surface area is 179 Å². The van der Waals surface area contributed by atoms with Gasteiger partial charge in [-0.1, -0.05) is 18.2 Å². The highest BCUT2D eigenvalue weighted by atomic mass is 32.2. The number of anilines is 2. The largest absolute Gasteiger partial charge is 0.497 e. The van der Waals surface area contributed by atoms with E-state index >= 15 is 0 Å². The molecule has 9 heteroatoms. The summed E-state index contributed by atoms with van der Waals surface area (Å²) in [6.07, 6.45) is 0. The van der Waals surface area contributed by atoms with Crippen LogP contribution in [0.15, 0.2) is 83.8 Å². The molecule has 0 spiro atoms. The highest BCUT2D eigenvalue weighted by molar-refractivity contribution is 7.92. The highest BCUT2D eigenvalue weighted by Crippen LogP contribution is 2.26. The number of carboxylic acids is 1. The molecule has 160 valence electrons. The summed E-state index contributed by atoms with van der Waals surface area (Å²) in [4.78, 5) is 23.7. The number of nitrogens with one attached hydrogen (secondary N) is 1. The van der Waals surface area contributed by atoms with Crippen molar-refractivity contribution in [3.63, 3.8) is 0 Å². The van der Waals surface area contributed by atoms with Crippen LogP contribution >= 0.6 is 0 Å². The van der Waals surface area contributed by atoms with Gasteiger partial charge >= 0.3 is 5.97 Å². The van der Waals surface area contributed by atoms with Crippen LogP contribution in [0, 0.1) is 0 Å². The zero-order chi connectivity index (χ0) is 22.4. The van der Waals surface area contributed by atoms with E-state index in [4.69, 9.17) is 9.84 Å². The number of aromatic carboxylic acids is 1. The van der Waals surface area contributed by atoms with E-state index in [2.05, 4.69) is 5.32 Å². The average Bonchev–Trinajstić information content (AvgIpc) is 2.78. The molecule has 3 aromatic carbocycles. The third kappa shape index (κ3) is 5.20. The third-order valence-electron chi connectivity index (χ3n) is 4.39. The smallest absolute Gasteiger partial charge is 0.335 e. The Morgan fingerprint density at radius 2 is 1.55 bits per heavy atom. The van der Waals surface area contributed by atoms with Gasteiger partial charge in [0.15, 0.2) is 0 Å². The molecule has 3 rings (SSSR count). The van der Waals surface area contributed by atoms with Gasteiger partial charge in [0.25, 0.3) is 10.0 Å². The van der Waals surface area contributed by atoms with Crippen LogP contribution < -0.4 is 14.4 Å². The first-order valence-corrected chi connectivity index (χ1v) is 10.6. The number of carbonyl (C=O) groups is 2. The molecule has 0 aliphatic rings. The number of benzene rings is 3. The standard InChI is InChI=1S/C22H20N2O6S/c1-30-19-13-11-18(12-14-19)24(31(28,29)20-5-3-2-4-6-20)15-21(25)23-17-9-7-16(8-10-17)22(26)27/h2-14H,15H2,1H3,(H,23,25)(H,26,27). The van der Waals surface area contributed by atoms with Crippen LogP contribution in [-0.2, 0) is 14.8 Å². The van der Waals surface area contributed by atoms with E-state index in [1.54, 1.807) is 42.5 Å². The lowest BCUT2D eigenvalue weighted by atomic mass is 10.2. The monoisotopic (exact) mass is 440 g/mol. The lowest BCUT2D eigenvalue weighted by Crippen LogP contribution is -2.38. The molecule has 0 bridgehead atoms. The van der Waals surface area contributed by atoms with Gasteiger partial charge in [-0.2, -0.15) is 0 Å². The van der Waals surface area contributed by atoms with Crippen LogP contribution in [0.4, 0.5) is 11.4 Å². The minimum atomic E-state index is -4.03. The zero-order valence-corrected chi connectivity index (χ0v) is 17.4. The number of carbonyl (C=O) groups excluding carboxylic acids is 1. The van der Waals surface area contributed by atoms with E-state index in [9.17, 15) is 18.0 Å². The molecule has 0 aromatic heterocycles. The Kier molecular flexibility index (Phi) is 6.56. The molecule has 2 N–H and O–H groups in total. The number of nitrogens with zero attached hydrogens (tertiary/aromatic N) is 1. The lowest BCUT2D eigenvalue weighted by molar-refractivity contribution is -0.114. The van der Waals surface area contributed by atoms with Crippen LogP contribution in [-0.4, -0.2) is 39.1 Å². The molecule has 0 radical (unpaired) electrons. The van der Waals surface area contributed by atoms with Crippen molar-refractivity contribution in [3.8, 4) is 5.75 Å². The summed E-state index contributed by atoms with van der Waals surface area (Å²) < 4.78 is 32.6. The summed E-state index contributed by atoms with van der Waals surface area (Å²) in [5.41, 5.74) is 0.715. The van der Waals surface area contributed by atoms with E-state index < -0.39 is 28.4 Å². The minimum absolute atomic E-state index is 0.0458. The Balaban J connectivity index is 1.88. The summed E-state index contributed by atoms with van der Waals surface area (Å²) in [5.74, 6) is -1.13. The maximum Gasteiger partial charge on any atom is 0.335 e. The van der Waals surface area contributed by atoms with Crippen molar-refractivity contribution in [2.45, 2.75) is 4.90 Å². The van der Waals surface area contributed by atoms with Gasteiger partial charge in [0, 0.05) is 5.69 Å². The summed E-state index contributed by atoms with van der Waals surface area (Å²) in [5, 5.41) is 11.6. The van der Waals surface area contributed by atoms with E-state index in [0.717, 1.165) is 4.31 Å². The Morgan fingerprint density at radius 1 is 0.935 bits per heavy atom. The second-order valence-corrected chi connectivity index (χ2v) is 8.32. The first-order valence-electron chi connectivity index (χ1n) is 9.16. The number of sulfonamides is 1. The van der Waals surface area contributed by atoms with E-state index in [1.165, 1.54) is 43.5 Å². The second kappa shape index (κ2) is 9.31. The molecule has 0 aliphatic heterocycles. The van der Waals surface area contributed by atoms with Gasteiger partial charge in [-0.3, -0.25) is 9.10 Å². The number of carboxylic acid groups (broad SMARTS) is 1. The first-order chi connectivity index (χ1) is 14.8. The third-order valence-corrected chi connectivity index (χ3v) is 6.18. The van der Waals surface area contributed by atoms with Gasteiger partial charge in [-0.25, -0.2) is 13.2 Å². The van der Waals surface area contributed by atoms with E-state index in [0.29, 0.717) is 17.1 Å². The van der Waals surface area contributed by atoms with Crippen LogP contribution in [0.3, 0.4) is 0 Å². The van der Waals surface area contributed by atoms with Gasteiger partial charge in [-0.15, -0.1) is 0 Å². The fraction of sp³-hybridized carbons (Fsp3) is 0.0909. The number of methoxy groups -OCH3 is 1. The molecule has 8 nitrogen and oxygen atoms in total. The summed E-state index contributed by atoms with van der Waals surface area (Å²) >= 11 is 0. The van der Waals surface area contributed by atoms with Crippen molar-refractivity contribution in [3.05, 3.63) is 84.4 Å². The van der Waals surface area contributed by atoms with Crippen LogP contribution in [0.25, 0.3) is 0 Å². The predicted octanol–water partition coefficient (Wildman–Crippen LogP) is 3.23. The molecule has 0 heterocycles. The molecule has 0 atom stereocenters. The highest BCUT2D eigenvalue weighted by Gasteiger charge is 2.27. The Bertz CT molecular complexity index is 1160. The molecule has 1 amide bonds. The molecule has 0 unspecified atom stereocenters. The molecule has 31 heavy (non-hydrogen) atoms. The first kappa shape index (κ1) is 21.8. The maximum atomic E-state index is 13.2. The number of rotatable bonds is 8. The minimum Gasteiger partial charge on any atom is -0.497 e. The van der Waals surface area contributed by atoms with Gasteiger partial charge in [0.1, 0.15) is 12.3 Å². The molecule has 0 saturated carbocycles. The number of ether oxygens (including phenoxy) is 1. The fourth-order valence-electron chi connectivity index (χ4n) is 2.81. The Morgan fingerprint density at radius 3 is 2.10 bits per heavy atom. The molecule has 0 aliphatic carbocycles. The van der Waals surface area contributed by atoms with Gasteiger partial charge in [0.05, 0.1) is 23.3 Å². The van der Waals surface area contributed by atoms with Gasteiger partial charge < -0.3 is 15.2 Å². The quantitative estimate of drug-likeness (QED) is 0.556. The summed E-state index contributed by atoms with van der Waals surface area (Å²) in [6.45, 7) is -0.482. The van der Waals surface area contributed by atoms with Crippen LogP contribution in [0.5, 0.6) is 5.75 Å². The van der Waals surface area contributed by atoms with Crippen molar-refractivity contribution in [2.75, 3.05) is 23.3 Å². The molecular formula is C22H20N2O6S. The van der Waals surface area contributed by atoms with Gasteiger partial charge in [0.2, 0.25) is 5.91 Å². The normalized spacial score (nSPS) is 10.9. The van der Waals surface area contributed by atoms with E-state index in [1.807, 2.05) is 0 Å². The zero-order valence-electron chi connectivity index (χ0n) is 16.6. The summed E-state index contributed by atoms with van der Waals surface area (Å²) in [7, 11) is -2.53. The fourth-order valence-corrected chi connectivity index (χ4v) is 4.25. The molecule has 0 saturated heterocycles. The van der Waals surface area contributed by atoms with Crippen molar-refractivity contribution in [1.29, 1.82) is 0 Å². The van der Waals surface area contributed by atoms with Crippen LogP contribution in [0.1, 0.15) is 10.4 Å². The van der Waals surface area contributed by atoms with Gasteiger partial charge in [-0.05, 0) is 60.7 Å². The second-order valence-electron chi connectivity index (χ2n) is 6.45. The lowest BCUT2D eigenvalue weighted by Gasteiger charge is -2.24. The number of hydrogen-bond donors (Lipinski definition) is 2.